The van der Waals surface area contributed by atoms with Gasteiger partial charge < -0.3 is 9.80 Å². The van der Waals surface area contributed by atoms with Gasteiger partial charge in [0.2, 0.25) is 5.96 Å². The second-order valence-electron chi connectivity index (χ2n) is 10.7. The molecule has 4 aromatic carbocycles. The van der Waals surface area contributed by atoms with Crippen LogP contribution in [0, 0.1) is 12.1 Å². The van der Waals surface area contributed by atoms with Crippen LogP contribution in [-0.2, 0) is 19.5 Å². The van der Waals surface area contributed by atoms with Gasteiger partial charge in [-0.15, -0.1) is 35.2 Å². The van der Waals surface area contributed by atoms with Crippen molar-refractivity contribution in [3.05, 3.63) is 120 Å². The number of fused-ring (bicyclic) bond motifs is 4. The zero-order chi connectivity index (χ0) is 27.5. The van der Waals surface area contributed by atoms with Crippen LogP contribution in [0.4, 0.5) is 11.5 Å². The van der Waals surface area contributed by atoms with Crippen molar-refractivity contribution in [3.8, 4) is 11.1 Å². The topological polar surface area (TPSA) is 43.0 Å². The third kappa shape index (κ3) is 4.25. The van der Waals surface area contributed by atoms with Crippen molar-refractivity contribution in [1.82, 2.24) is 19.9 Å². The maximum atomic E-state index is 5.28. The second kappa shape index (κ2) is 10.5. The van der Waals surface area contributed by atoms with E-state index in [-0.39, 0.29) is 19.5 Å². The number of rotatable bonds is 3. The minimum atomic E-state index is 0. The first-order valence-corrected chi connectivity index (χ1v) is 14.0. The molecule has 0 atom stereocenters. The largest absolute Gasteiger partial charge is 0.355 e. The normalized spacial score (nSPS) is 17.0. The number of anilines is 1. The van der Waals surface area contributed by atoms with E-state index in [4.69, 9.17) is 10.3 Å². The zero-order valence-electron chi connectivity index (χ0n) is 23.8. The van der Waals surface area contributed by atoms with Crippen LogP contribution in [0.15, 0.2) is 103 Å². The molecule has 0 radical (unpaired) electrons. The van der Waals surface area contributed by atoms with Gasteiger partial charge in [0.1, 0.15) is 5.82 Å². The summed E-state index contributed by atoms with van der Waals surface area (Å²) in [6, 6.07) is 38.4. The van der Waals surface area contributed by atoms with E-state index >= 15 is 0 Å². The fourth-order valence-corrected chi connectivity index (χ4v) is 6.08. The van der Waals surface area contributed by atoms with Crippen molar-refractivity contribution in [3.63, 3.8) is 0 Å². The van der Waals surface area contributed by atoms with Crippen molar-refractivity contribution in [1.29, 1.82) is 0 Å². The minimum Gasteiger partial charge on any atom is -0.355 e. The quantitative estimate of drug-likeness (QED) is 0.149. The first-order valence-electron chi connectivity index (χ1n) is 14.0. The van der Waals surface area contributed by atoms with Crippen LogP contribution in [0.2, 0.25) is 0 Å². The number of hydrogen-bond acceptors (Lipinski definition) is 5. The molecule has 8 heteroatoms. The minimum absolute atomic E-state index is 0. The molecule has 4 heterocycles. The Morgan fingerprint density at radius 2 is 1.67 bits per heavy atom. The van der Waals surface area contributed by atoms with Crippen LogP contribution in [0.5, 0.6) is 0 Å². The predicted octanol–water partition coefficient (Wildman–Crippen LogP) is 5.78. The number of benzene rings is 4. The number of aromatic nitrogens is 1. The van der Waals surface area contributed by atoms with E-state index in [0.29, 0.717) is 0 Å². The Labute approximate surface area is 258 Å². The molecule has 0 spiro atoms. The Morgan fingerprint density at radius 1 is 0.833 bits per heavy atom. The molecule has 42 heavy (non-hydrogen) atoms. The van der Waals surface area contributed by atoms with Gasteiger partial charge in [-0.05, 0) is 17.5 Å². The van der Waals surface area contributed by atoms with E-state index in [2.05, 4.69) is 129 Å². The fraction of sp³-hybridized carbons (Fsp3) is 0.176. The molecule has 5 aromatic rings. The number of para-hydroxylation sites is 2. The van der Waals surface area contributed by atoms with Gasteiger partial charge in [0.15, 0.2) is 11.6 Å². The van der Waals surface area contributed by atoms with Gasteiger partial charge in [-0.2, -0.15) is 29.6 Å². The molecule has 0 saturated heterocycles. The van der Waals surface area contributed by atoms with Gasteiger partial charge in [0.05, 0.1) is 0 Å². The summed E-state index contributed by atoms with van der Waals surface area (Å²) in [5, 5.41) is 13.3. The zero-order valence-corrected chi connectivity index (χ0v) is 26.8. The van der Waals surface area contributed by atoms with E-state index in [1.165, 1.54) is 10.8 Å². The summed E-state index contributed by atoms with van der Waals surface area (Å²) in [5.41, 5.74) is 4.13. The van der Waals surface area contributed by atoms with Gasteiger partial charge in [0.25, 0.3) is 0 Å². The number of hydrazine groups is 1. The molecule has 0 aliphatic carbocycles. The number of nitrogens with zero attached hydrogens (tertiary/aromatic N) is 7. The Morgan fingerprint density at radius 3 is 2.52 bits per heavy atom. The van der Waals surface area contributed by atoms with Gasteiger partial charge in [-0.25, -0.2) is 15.0 Å². The third-order valence-electron chi connectivity index (χ3n) is 8.24. The molecule has 204 valence electrons. The number of hydrogen-bond donors (Lipinski definition) is 0. The molecule has 8 rings (SSSR count). The molecule has 0 bridgehead atoms. The molecule has 7 nitrogen and oxygen atoms in total. The van der Waals surface area contributed by atoms with Crippen LogP contribution in [0.1, 0.15) is 0 Å². The Hall–Kier alpha value is -4.26. The standard InChI is InChI=1S/C34H29N7.Zn/c1-37-19-21-39(28-12-4-3-5-13-28)32-33(37)41-34(36-32)40(22-20-38(41)2)30-18-17-25-11-8-14-29(31(25)35-30)27-16-15-24-9-6-7-10-26(24)23-27;/h3-12,14-15,17-18,23H,19-22H2,1-2H3;/q-2;. The van der Waals surface area contributed by atoms with Crippen molar-refractivity contribution < 1.29 is 24.1 Å². The molecule has 0 amide bonds. The summed E-state index contributed by atoms with van der Waals surface area (Å²) in [4.78, 5) is 9.85. The van der Waals surface area contributed by atoms with Crippen LogP contribution in [-0.4, -0.2) is 70.7 Å². The predicted molar refractivity (Wildman–Crippen MR) is 163 cm³/mol. The van der Waals surface area contributed by atoms with Crippen molar-refractivity contribution in [2.45, 2.75) is 0 Å². The van der Waals surface area contributed by atoms with E-state index in [0.717, 1.165) is 77.3 Å². The molecular formula is C34H29N7Zn-2. The van der Waals surface area contributed by atoms with Crippen molar-refractivity contribution in [2.24, 2.45) is 0 Å². The Bertz CT molecular complexity index is 1880. The summed E-state index contributed by atoms with van der Waals surface area (Å²) in [6.45, 7) is 3.38. The maximum Gasteiger partial charge on any atom is 0.230 e. The van der Waals surface area contributed by atoms with Crippen molar-refractivity contribution in [2.75, 3.05) is 45.2 Å². The molecule has 0 saturated carbocycles. The first-order chi connectivity index (χ1) is 20.2. The summed E-state index contributed by atoms with van der Waals surface area (Å²) >= 11 is 0. The van der Waals surface area contributed by atoms with E-state index in [1.807, 2.05) is 12.1 Å². The fourth-order valence-electron chi connectivity index (χ4n) is 6.08. The summed E-state index contributed by atoms with van der Waals surface area (Å²) in [6.07, 6.45) is 0. The first kappa shape index (κ1) is 26.6. The molecule has 3 aliphatic rings. The maximum absolute atomic E-state index is 5.28. The Kier molecular flexibility index (Phi) is 6.68. The summed E-state index contributed by atoms with van der Waals surface area (Å²) in [5.74, 6) is 3.80. The van der Waals surface area contributed by atoms with Gasteiger partial charge >= 0.3 is 0 Å². The van der Waals surface area contributed by atoms with Crippen LogP contribution in [0.3, 0.4) is 0 Å². The average Bonchev–Trinajstić information content (AvgIpc) is 3.43. The molecule has 0 unspecified atom stereocenters. The van der Waals surface area contributed by atoms with Gasteiger partial charge in [-0.1, -0.05) is 59.1 Å². The van der Waals surface area contributed by atoms with E-state index in [1.54, 1.807) is 0 Å². The average molecular weight is 601 g/mol. The van der Waals surface area contributed by atoms with Crippen molar-refractivity contribution >= 4 is 39.1 Å². The number of likely N-dealkylation sites (N-methyl/N-ethyl adjacent to an activating group) is 2. The number of guanidine groups is 1. The third-order valence-corrected chi connectivity index (χ3v) is 8.24. The monoisotopic (exact) mass is 599 g/mol. The Balaban J connectivity index is 0.00000288. The molecular weight excluding hydrogens is 572 g/mol. The summed E-state index contributed by atoms with van der Waals surface area (Å²) < 4.78 is 2.25. The van der Waals surface area contributed by atoms with Gasteiger partial charge in [-0.3, -0.25) is 4.58 Å². The van der Waals surface area contributed by atoms with E-state index < -0.39 is 0 Å². The molecule has 3 aliphatic heterocycles. The number of pyridine rings is 1. The van der Waals surface area contributed by atoms with Gasteiger partial charge in [0, 0.05) is 65.3 Å². The second-order valence-corrected chi connectivity index (χ2v) is 10.7. The smallest absolute Gasteiger partial charge is 0.230 e. The van der Waals surface area contributed by atoms with Crippen LogP contribution < -0.4 is 4.90 Å². The molecule has 1 aromatic heterocycles. The van der Waals surface area contributed by atoms with Crippen LogP contribution >= 0.6 is 0 Å². The SMILES string of the molecule is CN1CCN(c2[c-]cccc2)C2=C1N1C(=[N+](c3ccc4cccc(-c5[c-]cc6ccccc6c5)c4n3)CCN1C)[N-]2.[Zn]. The summed E-state index contributed by atoms with van der Waals surface area (Å²) in [7, 11) is 4.28. The molecule has 0 N–H and O–H groups in total. The molecule has 0 fully saturated rings. The van der Waals surface area contributed by atoms with Crippen LogP contribution in [0.25, 0.3) is 38.1 Å². The van der Waals surface area contributed by atoms with E-state index in [9.17, 15) is 0 Å².